The van der Waals surface area contributed by atoms with E-state index in [0.29, 0.717) is 17.8 Å². The van der Waals surface area contributed by atoms with Gasteiger partial charge >= 0.3 is 0 Å². The van der Waals surface area contributed by atoms with E-state index < -0.39 is 10.0 Å². The number of para-hydroxylation sites is 1. The second-order valence-corrected chi connectivity index (χ2v) is 8.43. The van der Waals surface area contributed by atoms with Crippen LogP contribution in [-0.2, 0) is 16.4 Å². The highest BCUT2D eigenvalue weighted by atomic mass is 32.2. The molecule has 0 aromatic heterocycles. The lowest BCUT2D eigenvalue weighted by atomic mass is 10.0. The zero-order chi connectivity index (χ0) is 18.2. The molecule has 1 aliphatic rings. The van der Waals surface area contributed by atoms with Gasteiger partial charge in [0, 0.05) is 24.8 Å². The molecule has 0 bridgehead atoms. The molecule has 0 saturated carbocycles. The van der Waals surface area contributed by atoms with Crippen molar-refractivity contribution in [2.45, 2.75) is 19.8 Å². The van der Waals surface area contributed by atoms with Crippen LogP contribution in [0.5, 0.6) is 0 Å². The monoisotopic (exact) mass is 358 g/mol. The fourth-order valence-corrected chi connectivity index (χ4v) is 3.71. The van der Waals surface area contributed by atoms with Crippen molar-refractivity contribution in [1.82, 2.24) is 0 Å². The molecule has 0 spiro atoms. The number of hydrogen-bond donors (Lipinski definition) is 0. The van der Waals surface area contributed by atoms with E-state index in [1.165, 1.54) is 16.9 Å². The van der Waals surface area contributed by atoms with E-state index in [1.807, 2.05) is 31.2 Å². The first-order chi connectivity index (χ1) is 11.8. The number of sulfonamides is 1. The van der Waals surface area contributed by atoms with Crippen LogP contribution in [0.3, 0.4) is 0 Å². The van der Waals surface area contributed by atoms with E-state index in [9.17, 15) is 13.2 Å². The highest BCUT2D eigenvalue weighted by molar-refractivity contribution is 7.92. The summed E-state index contributed by atoms with van der Waals surface area (Å²) in [6, 6.07) is 13.1. The van der Waals surface area contributed by atoms with Gasteiger partial charge < -0.3 is 4.90 Å². The average Bonchev–Trinajstić information content (AvgIpc) is 2.59. The number of fused-ring (bicyclic) bond motifs is 1. The summed E-state index contributed by atoms with van der Waals surface area (Å²) in [4.78, 5) is 14.8. The largest absolute Gasteiger partial charge is 0.308 e. The van der Waals surface area contributed by atoms with E-state index in [1.54, 1.807) is 23.1 Å². The Bertz CT molecular complexity index is 922. The van der Waals surface area contributed by atoms with Gasteiger partial charge in [-0.25, -0.2) is 8.42 Å². The molecule has 0 N–H and O–H groups in total. The van der Waals surface area contributed by atoms with Crippen molar-refractivity contribution in [3.63, 3.8) is 0 Å². The fourth-order valence-electron chi connectivity index (χ4n) is 3.16. The molecule has 5 nitrogen and oxygen atoms in total. The van der Waals surface area contributed by atoms with Gasteiger partial charge in [0.2, 0.25) is 10.0 Å². The Hall–Kier alpha value is -2.34. The molecule has 0 radical (unpaired) electrons. The Morgan fingerprint density at radius 1 is 1.16 bits per heavy atom. The van der Waals surface area contributed by atoms with Crippen molar-refractivity contribution in [2.75, 3.05) is 29.1 Å². The number of hydrogen-bond acceptors (Lipinski definition) is 3. The number of benzene rings is 2. The highest BCUT2D eigenvalue weighted by Crippen LogP contribution is 2.29. The standard InChI is InChI=1S/C19H22N2O3S/c1-14-10-11-16(13-18(14)20(2)25(3,23)24)19(22)21-12-6-8-15-7-4-5-9-17(15)21/h4-5,7,9-11,13H,6,8,12H2,1-3H3. The van der Waals surface area contributed by atoms with E-state index in [0.717, 1.165) is 30.3 Å². The maximum atomic E-state index is 13.1. The minimum absolute atomic E-state index is 0.102. The molecule has 132 valence electrons. The van der Waals surface area contributed by atoms with E-state index in [2.05, 4.69) is 0 Å². The van der Waals surface area contributed by atoms with E-state index in [-0.39, 0.29) is 5.91 Å². The first-order valence-corrected chi connectivity index (χ1v) is 10.1. The van der Waals surface area contributed by atoms with Crippen molar-refractivity contribution >= 4 is 27.3 Å². The lowest BCUT2D eigenvalue weighted by Gasteiger charge is -2.30. The van der Waals surface area contributed by atoms with Crippen molar-refractivity contribution in [3.8, 4) is 0 Å². The molecule has 2 aromatic carbocycles. The van der Waals surface area contributed by atoms with Crippen molar-refractivity contribution in [1.29, 1.82) is 0 Å². The van der Waals surface area contributed by atoms with Gasteiger partial charge in [0.15, 0.2) is 0 Å². The van der Waals surface area contributed by atoms with Crippen LogP contribution < -0.4 is 9.21 Å². The van der Waals surface area contributed by atoms with Crippen LogP contribution in [0.25, 0.3) is 0 Å². The number of amides is 1. The number of anilines is 2. The molecule has 0 aliphatic carbocycles. The van der Waals surface area contributed by atoms with E-state index >= 15 is 0 Å². The summed E-state index contributed by atoms with van der Waals surface area (Å²) >= 11 is 0. The molecule has 0 fully saturated rings. The van der Waals surface area contributed by atoms with Crippen LogP contribution in [0.1, 0.15) is 27.9 Å². The minimum atomic E-state index is -3.39. The maximum Gasteiger partial charge on any atom is 0.258 e. The number of nitrogens with zero attached hydrogens (tertiary/aromatic N) is 2. The van der Waals surface area contributed by atoms with Gasteiger partial charge in [0.1, 0.15) is 0 Å². The smallest absolute Gasteiger partial charge is 0.258 e. The Morgan fingerprint density at radius 3 is 2.60 bits per heavy atom. The predicted octanol–water partition coefficient (Wildman–Crippen LogP) is 2.98. The first-order valence-electron chi connectivity index (χ1n) is 8.23. The summed E-state index contributed by atoms with van der Waals surface area (Å²) in [6.07, 6.45) is 3.04. The van der Waals surface area contributed by atoms with Crippen molar-refractivity contribution in [2.24, 2.45) is 0 Å². The Morgan fingerprint density at radius 2 is 1.88 bits per heavy atom. The third-order valence-electron chi connectivity index (χ3n) is 4.65. The van der Waals surface area contributed by atoms with Crippen LogP contribution in [0.2, 0.25) is 0 Å². The molecule has 2 aromatic rings. The SMILES string of the molecule is Cc1ccc(C(=O)N2CCCc3ccccc32)cc1N(C)S(C)(=O)=O. The van der Waals surface area contributed by atoms with Gasteiger partial charge in [-0.3, -0.25) is 9.10 Å². The molecule has 3 rings (SSSR count). The molecule has 0 saturated heterocycles. The number of aryl methyl sites for hydroxylation is 2. The quantitative estimate of drug-likeness (QED) is 0.847. The van der Waals surface area contributed by atoms with Gasteiger partial charge in [-0.15, -0.1) is 0 Å². The van der Waals surface area contributed by atoms with Gasteiger partial charge in [-0.1, -0.05) is 24.3 Å². The Labute approximate surface area is 148 Å². The number of carbonyl (C=O) groups excluding carboxylic acids is 1. The van der Waals surface area contributed by atoms with E-state index in [4.69, 9.17) is 0 Å². The average molecular weight is 358 g/mol. The van der Waals surface area contributed by atoms with Gasteiger partial charge in [0.25, 0.3) is 5.91 Å². The zero-order valence-electron chi connectivity index (χ0n) is 14.7. The minimum Gasteiger partial charge on any atom is -0.308 e. The van der Waals surface area contributed by atoms with Crippen LogP contribution in [0.4, 0.5) is 11.4 Å². The molecule has 1 amide bonds. The van der Waals surface area contributed by atoms with Gasteiger partial charge in [-0.2, -0.15) is 0 Å². The molecule has 1 heterocycles. The lowest BCUT2D eigenvalue weighted by molar-refractivity contribution is 0.0985. The van der Waals surface area contributed by atoms with Gasteiger partial charge in [0.05, 0.1) is 11.9 Å². The molecular weight excluding hydrogens is 336 g/mol. The molecule has 1 aliphatic heterocycles. The third-order valence-corrected chi connectivity index (χ3v) is 5.84. The lowest BCUT2D eigenvalue weighted by Crippen LogP contribution is -2.35. The third kappa shape index (κ3) is 3.39. The number of rotatable bonds is 3. The highest BCUT2D eigenvalue weighted by Gasteiger charge is 2.24. The van der Waals surface area contributed by atoms with Gasteiger partial charge in [-0.05, 0) is 49.1 Å². The molecule has 0 unspecified atom stereocenters. The predicted molar refractivity (Wildman–Crippen MR) is 101 cm³/mol. The molecule has 25 heavy (non-hydrogen) atoms. The van der Waals surface area contributed by atoms with Crippen LogP contribution in [0.15, 0.2) is 42.5 Å². The first kappa shape index (κ1) is 17.5. The summed E-state index contributed by atoms with van der Waals surface area (Å²) in [5, 5.41) is 0. The summed E-state index contributed by atoms with van der Waals surface area (Å²) in [5.41, 5.74) is 3.94. The Balaban J connectivity index is 2.00. The van der Waals surface area contributed by atoms with Crippen LogP contribution in [-0.4, -0.2) is 34.2 Å². The van der Waals surface area contributed by atoms with Crippen LogP contribution >= 0.6 is 0 Å². The normalized spacial score (nSPS) is 14.1. The molecule has 6 heteroatoms. The maximum absolute atomic E-state index is 13.1. The van der Waals surface area contributed by atoms with Crippen molar-refractivity contribution in [3.05, 3.63) is 59.2 Å². The molecular formula is C19H22N2O3S. The zero-order valence-corrected chi connectivity index (χ0v) is 15.5. The second kappa shape index (κ2) is 6.52. The van der Waals surface area contributed by atoms with Crippen LogP contribution in [0, 0.1) is 6.92 Å². The number of carbonyl (C=O) groups is 1. The Kier molecular flexibility index (Phi) is 4.56. The fraction of sp³-hybridized carbons (Fsp3) is 0.316. The topological polar surface area (TPSA) is 57.7 Å². The second-order valence-electron chi connectivity index (χ2n) is 6.42. The summed E-state index contributed by atoms with van der Waals surface area (Å²) in [5.74, 6) is -0.102. The summed E-state index contributed by atoms with van der Waals surface area (Å²) < 4.78 is 24.9. The summed E-state index contributed by atoms with van der Waals surface area (Å²) in [6.45, 7) is 2.50. The van der Waals surface area contributed by atoms with Crippen molar-refractivity contribution < 1.29 is 13.2 Å². The summed E-state index contributed by atoms with van der Waals surface area (Å²) in [7, 11) is -1.88. The molecule has 0 atom stereocenters.